The monoisotopic (exact) mass is 340 g/mol. The van der Waals surface area contributed by atoms with Gasteiger partial charge in [0.25, 0.3) is 0 Å². The summed E-state index contributed by atoms with van der Waals surface area (Å²) in [6.45, 7) is 1.08. The third-order valence-electron chi connectivity index (χ3n) is 4.03. The normalized spacial score (nSPS) is 16.2. The number of fused-ring (bicyclic) bond motifs is 1. The van der Waals surface area contributed by atoms with Crippen molar-refractivity contribution in [2.24, 2.45) is 5.92 Å². The molecule has 1 fully saturated rings. The molecule has 0 amide bonds. The largest absolute Gasteiger partial charge is 0.508 e. The summed E-state index contributed by atoms with van der Waals surface area (Å²) in [6.07, 6.45) is -4.55. The number of methoxy groups -OCH3 is 1. The molecule has 2 heterocycles. The zero-order valence-electron chi connectivity index (χ0n) is 12.8. The smallest absolute Gasteiger partial charge is 0.417 e. The average molecular weight is 340 g/mol. The number of halogens is 3. The second-order valence-electron chi connectivity index (χ2n) is 5.77. The van der Waals surface area contributed by atoms with Gasteiger partial charge in [-0.2, -0.15) is 13.2 Å². The molecule has 3 rings (SSSR count). The molecule has 1 aromatic carbocycles. The van der Waals surface area contributed by atoms with Gasteiger partial charge in [0.2, 0.25) is 0 Å². The number of phenols is 1. The van der Waals surface area contributed by atoms with E-state index >= 15 is 0 Å². The number of carbonyl (C=O) groups is 1. The molecule has 0 spiro atoms. The number of benzene rings is 1. The van der Waals surface area contributed by atoms with Gasteiger partial charge in [-0.25, -0.2) is 0 Å². The zero-order valence-corrected chi connectivity index (χ0v) is 12.8. The van der Waals surface area contributed by atoms with Crippen LogP contribution in [0.3, 0.4) is 0 Å². The first kappa shape index (κ1) is 16.5. The number of ether oxygens (including phenoxy) is 1. The molecule has 0 atom stereocenters. The van der Waals surface area contributed by atoms with E-state index in [0.29, 0.717) is 13.1 Å². The van der Waals surface area contributed by atoms with E-state index in [1.807, 2.05) is 4.90 Å². The maximum Gasteiger partial charge on any atom is 0.417 e. The number of aromatic nitrogens is 1. The number of rotatable bonds is 3. The topological polar surface area (TPSA) is 62.7 Å². The van der Waals surface area contributed by atoms with Crippen molar-refractivity contribution in [2.45, 2.75) is 12.7 Å². The highest BCUT2D eigenvalue weighted by Gasteiger charge is 2.36. The van der Waals surface area contributed by atoms with Gasteiger partial charge in [0.1, 0.15) is 5.75 Å². The van der Waals surface area contributed by atoms with Gasteiger partial charge >= 0.3 is 12.1 Å². The van der Waals surface area contributed by atoms with Crippen molar-refractivity contribution in [3.8, 4) is 5.75 Å². The fourth-order valence-corrected chi connectivity index (χ4v) is 2.83. The highest BCUT2D eigenvalue weighted by molar-refractivity contribution is 5.84. The van der Waals surface area contributed by atoms with E-state index < -0.39 is 11.7 Å². The van der Waals surface area contributed by atoms with Crippen molar-refractivity contribution in [3.63, 3.8) is 0 Å². The number of pyridine rings is 1. The Bertz CT molecular complexity index is 786. The SMILES string of the molecule is COC(=O)C1CN(Cc2cc(C(F)(F)F)c3cc(O)ccc3n2)C1. The van der Waals surface area contributed by atoms with Gasteiger partial charge in [-0.1, -0.05) is 0 Å². The number of hydrogen-bond donors (Lipinski definition) is 1. The van der Waals surface area contributed by atoms with Gasteiger partial charge in [0.15, 0.2) is 0 Å². The van der Waals surface area contributed by atoms with Crippen molar-refractivity contribution in [1.29, 1.82) is 0 Å². The van der Waals surface area contributed by atoms with E-state index in [-0.39, 0.29) is 40.8 Å². The molecule has 0 aliphatic carbocycles. The van der Waals surface area contributed by atoms with E-state index in [4.69, 9.17) is 0 Å². The van der Waals surface area contributed by atoms with Crippen LogP contribution in [0.4, 0.5) is 13.2 Å². The molecular weight excluding hydrogens is 325 g/mol. The van der Waals surface area contributed by atoms with Crippen molar-refractivity contribution in [3.05, 3.63) is 35.5 Å². The lowest BCUT2D eigenvalue weighted by molar-refractivity contribution is -0.151. The Labute approximate surface area is 135 Å². The van der Waals surface area contributed by atoms with Crippen molar-refractivity contribution in [2.75, 3.05) is 20.2 Å². The molecule has 1 aliphatic rings. The molecule has 0 radical (unpaired) electrons. The van der Waals surface area contributed by atoms with Crippen molar-refractivity contribution in [1.82, 2.24) is 9.88 Å². The van der Waals surface area contributed by atoms with Crippen LogP contribution in [-0.2, 0) is 22.3 Å². The summed E-state index contributed by atoms with van der Waals surface area (Å²) in [5, 5.41) is 9.30. The molecule has 2 aromatic rings. The number of phenolic OH excluding ortho intramolecular Hbond substituents is 1. The van der Waals surface area contributed by atoms with Crippen molar-refractivity contribution >= 4 is 16.9 Å². The molecule has 0 bridgehead atoms. The number of nitrogens with zero attached hydrogens (tertiary/aromatic N) is 2. The van der Waals surface area contributed by atoms with Gasteiger partial charge in [-0.05, 0) is 24.3 Å². The van der Waals surface area contributed by atoms with E-state index in [1.165, 1.54) is 19.2 Å². The third-order valence-corrected chi connectivity index (χ3v) is 4.03. The minimum absolute atomic E-state index is 0.137. The fraction of sp³-hybridized carbons (Fsp3) is 0.375. The zero-order chi connectivity index (χ0) is 17.5. The number of hydrogen-bond acceptors (Lipinski definition) is 5. The summed E-state index contributed by atoms with van der Waals surface area (Å²) >= 11 is 0. The highest BCUT2D eigenvalue weighted by atomic mass is 19.4. The predicted octanol–water partition coefficient (Wildman–Crippen LogP) is 2.56. The Kier molecular flexibility index (Phi) is 4.08. The lowest BCUT2D eigenvalue weighted by Crippen LogP contribution is -2.50. The van der Waals surface area contributed by atoms with Gasteiger partial charge in [-0.3, -0.25) is 14.7 Å². The van der Waals surface area contributed by atoms with Crippen LogP contribution in [0.5, 0.6) is 5.75 Å². The number of alkyl halides is 3. The molecule has 0 unspecified atom stereocenters. The standard InChI is InChI=1S/C16H15F3N2O3/c1-24-15(23)9-6-21(7-9)8-10-4-13(16(17,18)19)12-5-11(22)2-3-14(12)20-10/h2-5,9,22H,6-8H2,1H3. The quantitative estimate of drug-likeness (QED) is 0.870. The third kappa shape index (κ3) is 3.14. The first-order valence-electron chi connectivity index (χ1n) is 7.28. The second kappa shape index (κ2) is 5.94. The van der Waals surface area contributed by atoms with E-state index in [1.54, 1.807) is 0 Å². The first-order chi connectivity index (χ1) is 11.3. The summed E-state index contributed by atoms with van der Waals surface area (Å²) < 4.78 is 44.5. The summed E-state index contributed by atoms with van der Waals surface area (Å²) in [4.78, 5) is 17.4. The molecule has 1 saturated heterocycles. The van der Waals surface area contributed by atoms with Crippen molar-refractivity contribution < 1.29 is 27.8 Å². The summed E-state index contributed by atoms with van der Waals surface area (Å²) in [5.41, 5.74) is -0.394. The van der Waals surface area contributed by atoms with Gasteiger partial charge < -0.3 is 9.84 Å². The molecule has 24 heavy (non-hydrogen) atoms. The average Bonchev–Trinajstić information content (AvgIpc) is 2.48. The van der Waals surface area contributed by atoms with E-state index in [0.717, 1.165) is 12.1 Å². The summed E-state index contributed by atoms with van der Waals surface area (Å²) in [6, 6.07) is 4.71. The number of likely N-dealkylation sites (tertiary alicyclic amines) is 1. The number of carbonyl (C=O) groups excluding carboxylic acids is 1. The Morgan fingerprint density at radius 2 is 2.08 bits per heavy atom. The molecular formula is C16H15F3N2O3. The van der Waals surface area contributed by atoms with Crippen LogP contribution in [-0.4, -0.2) is 41.2 Å². The predicted molar refractivity (Wildman–Crippen MR) is 79.2 cm³/mol. The van der Waals surface area contributed by atoms with Crippen LogP contribution < -0.4 is 0 Å². The second-order valence-corrected chi connectivity index (χ2v) is 5.77. The van der Waals surface area contributed by atoms with Crippen LogP contribution in [0.15, 0.2) is 24.3 Å². The summed E-state index contributed by atoms with van der Waals surface area (Å²) in [5.74, 6) is -0.801. The Balaban J connectivity index is 1.87. The number of aromatic hydroxyl groups is 1. The van der Waals surface area contributed by atoms with Crippen LogP contribution in [0.25, 0.3) is 10.9 Å². The first-order valence-corrected chi connectivity index (χ1v) is 7.28. The highest BCUT2D eigenvalue weighted by Crippen LogP contribution is 2.36. The van der Waals surface area contributed by atoms with Crippen LogP contribution in [0.2, 0.25) is 0 Å². The van der Waals surface area contributed by atoms with Gasteiger partial charge in [-0.15, -0.1) is 0 Å². The lowest BCUT2D eigenvalue weighted by Gasteiger charge is -2.37. The Hall–Kier alpha value is -2.35. The molecule has 128 valence electrons. The molecule has 1 aliphatic heterocycles. The van der Waals surface area contributed by atoms with Gasteiger partial charge in [0, 0.05) is 25.0 Å². The molecule has 1 N–H and O–H groups in total. The van der Waals surface area contributed by atoms with Crippen LogP contribution >= 0.6 is 0 Å². The Morgan fingerprint density at radius 3 is 2.71 bits per heavy atom. The minimum Gasteiger partial charge on any atom is -0.508 e. The van der Waals surface area contributed by atoms with Crippen LogP contribution in [0.1, 0.15) is 11.3 Å². The fourth-order valence-electron chi connectivity index (χ4n) is 2.83. The summed E-state index contributed by atoms with van der Waals surface area (Å²) in [7, 11) is 1.31. The van der Waals surface area contributed by atoms with Crippen LogP contribution in [0, 0.1) is 5.92 Å². The lowest BCUT2D eigenvalue weighted by atomic mass is 9.99. The van der Waals surface area contributed by atoms with E-state index in [2.05, 4.69) is 9.72 Å². The molecule has 5 nitrogen and oxygen atoms in total. The minimum atomic E-state index is -4.55. The molecule has 8 heteroatoms. The maximum absolute atomic E-state index is 13.3. The number of esters is 1. The van der Waals surface area contributed by atoms with E-state index in [9.17, 15) is 23.1 Å². The maximum atomic E-state index is 13.3. The Morgan fingerprint density at radius 1 is 1.38 bits per heavy atom. The molecule has 0 saturated carbocycles. The van der Waals surface area contributed by atoms with Gasteiger partial charge in [0.05, 0.1) is 29.8 Å². The molecule has 1 aromatic heterocycles.